The Morgan fingerprint density at radius 1 is 1.00 bits per heavy atom. The molecule has 1 N–H and O–H groups in total. The number of nitrogens with one attached hydrogen (secondary N) is 1. The van der Waals surface area contributed by atoms with E-state index in [0.717, 1.165) is 31.2 Å². The standard InChI is InChI=1S/C29H32N2O6/c1-18-22(26(33)28(36-3)27(35-2)25(18)32)14-19-11-12-24(37-17-20-8-7-13-30-16-20)23(15-19)29(34)31-21-9-5-4-6-10-21/h7-8,11-13,15-16,21H,4-6,9-10,14,17H2,1-3H3,(H,31,34). The van der Waals surface area contributed by atoms with Gasteiger partial charge in [-0.05, 0) is 43.5 Å². The molecule has 1 heterocycles. The van der Waals surface area contributed by atoms with Gasteiger partial charge < -0.3 is 19.5 Å². The quantitative estimate of drug-likeness (QED) is 0.510. The summed E-state index contributed by atoms with van der Waals surface area (Å²) in [7, 11) is 2.67. The lowest BCUT2D eigenvalue weighted by Gasteiger charge is -2.24. The third-order valence-electron chi connectivity index (χ3n) is 6.82. The fraction of sp³-hybridized carbons (Fsp3) is 0.379. The fourth-order valence-electron chi connectivity index (χ4n) is 4.75. The zero-order chi connectivity index (χ0) is 26.4. The van der Waals surface area contributed by atoms with Crippen molar-refractivity contribution in [3.63, 3.8) is 0 Å². The van der Waals surface area contributed by atoms with Crippen molar-refractivity contribution in [1.82, 2.24) is 10.3 Å². The number of ketones is 2. The summed E-state index contributed by atoms with van der Waals surface area (Å²) in [6, 6.07) is 9.13. The van der Waals surface area contributed by atoms with Crippen LogP contribution in [-0.2, 0) is 32.1 Å². The molecule has 194 valence electrons. The first-order valence-electron chi connectivity index (χ1n) is 12.5. The number of allylic oxidation sites excluding steroid dienone is 2. The van der Waals surface area contributed by atoms with Crippen LogP contribution in [0.25, 0.3) is 0 Å². The molecule has 8 nitrogen and oxygen atoms in total. The summed E-state index contributed by atoms with van der Waals surface area (Å²) in [4.78, 5) is 43.4. The lowest BCUT2D eigenvalue weighted by atomic mass is 9.88. The maximum atomic E-state index is 13.4. The molecule has 1 amide bonds. The number of benzene rings is 1. The number of methoxy groups -OCH3 is 2. The molecule has 8 heteroatoms. The largest absolute Gasteiger partial charge is 0.489 e. The second-order valence-electron chi connectivity index (χ2n) is 9.29. The third kappa shape index (κ3) is 5.90. The molecular weight excluding hydrogens is 472 g/mol. The molecule has 0 unspecified atom stereocenters. The number of amides is 1. The number of ether oxygens (including phenoxy) is 3. The molecule has 0 saturated heterocycles. The summed E-state index contributed by atoms with van der Waals surface area (Å²) in [5.41, 5.74) is 2.58. The van der Waals surface area contributed by atoms with Crippen LogP contribution in [0.2, 0.25) is 0 Å². The number of pyridine rings is 1. The first-order chi connectivity index (χ1) is 17.9. The number of carbonyl (C=O) groups excluding carboxylic acids is 3. The Hall–Kier alpha value is -3.94. The van der Waals surface area contributed by atoms with E-state index in [0.29, 0.717) is 28.0 Å². The van der Waals surface area contributed by atoms with Gasteiger partial charge in [0.05, 0.1) is 19.8 Å². The lowest BCUT2D eigenvalue weighted by molar-refractivity contribution is -0.121. The average Bonchev–Trinajstić information content (AvgIpc) is 2.93. The lowest BCUT2D eigenvalue weighted by Crippen LogP contribution is -2.36. The van der Waals surface area contributed by atoms with Gasteiger partial charge in [-0.25, -0.2) is 0 Å². The Bertz CT molecular complexity index is 1240. The molecule has 0 aliphatic heterocycles. The maximum absolute atomic E-state index is 13.4. The molecule has 37 heavy (non-hydrogen) atoms. The van der Waals surface area contributed by atoms with Gasteiger partial charge >= 0.3 is 0 Å². The van der Waals surface area contributed by atoms with Crippen molar-refractivity contribution in [2.24, 2.45) is 0 Å². The Morgan fingerprint density at radius 3 is 2.41 bits per heavy atom. The summed E-state index contributed by atoms with van der Waals surface area (Å²) >= 11 is 0. The normalized spacial score (nSPS) is 16.6. The number of rotatable bonds is 9. The number of carbonyl (C=O) groups is 3. The Morgan fingerprint density at radius 2 is 1.73 bits per heavy atom. The van der Waals surface area contributed by atoms with Crippen molar-refractivity contribution in [3.05, 3.63) is 82.1 Å². The van der Waals surface area contributed by atoms with Gasteiger partial charge in [0.1, 0.15) is 12.4 Å². The van der Waals surface area contributed by atoms with Gasteiger partial charge in [-0.1, -0.05) is 31.4 Å². The monoisotopic (exact) mass is 504 g/mol. The topological polar surface area (TPSA) is 104 Å². The van der Waals surface area contributed by atoms with Crippen molar-refractivity contribution in [2.45, 2.75) is 58.1 Å². The van der Waals surface area contributed by atoms with E-state index in [2.05, 4.69) is 10.3 Å². The number of aromatic nitrogens is 1. The highest BCUT2D eigenvalue weighted by atomic mass is 16.5. The highest BCUT2D eigenvalue weighted by molar-refractivity contribution is 6.23. The van der Waals surface area contributed by atoms with Crippen LogP contribution in [-0.4, -0.2) is 42.7 Å². The second-order valence-corrected chi connectivity index (χ2v) is 9.29. The van der Waals surface area contributed by atoms with Gasteiger partial charge in [0, 0.05) is 41.6 Å². The molecule has 0 spiro atoms. The van der Waals surface area contributed by atoms with Crippen molar-refractivity contribution < 1.29 is 28.6 Å². The van der Waals surface area contributed by atoms with Crippen molar-refractivity contribution in [2.75, 3.05) is 14.2 Å². The molecule has 2 aliphatic carbocycles. The van der Waals surface area contributed by atoms with E-state index < -0.39 is 5.78 Å². The first kappa shape index (κ1) is 26.1. The van der Waals surface area contributed by atoms with Gasteiger partial charge in [-0.3, -0.25) is 19.4 Å². The molecule has 2 aliphatic rings. The molecule has 1 fully saturated rings. The third-order valence-corrected chi connectivity index (χ3v) is 6.82. The molecule has 1 saturated carbocycles. The summed E-state index contributed by atoms with van der Waals surface area (Å²) in [6.45, 7) is 1.86. The van der Waals surface area contributed by atoms with E-state index in [1.807, 2.05) is 12.1 Å². The molecule has 1 aromatic heterocycles. The van der Waals surface area contributed by atoms with Gasteiger partial charge in [0.2, 0.25) is 23.1 Å². The summed E-state index contributed by atoms with van der Waals surface area (Å²) in [5.74, 6) is -0.773. The number of hydrogen-bond donors (Lipinski definition) is 1. The van der Waals surface area contributed by atoms with Crippen LogP contribution in [0.4, 0.5) is 0 Å². The molecule has 0 bridgehead atoms. The number of hydrogen-bond acceptors (Lipinski definition) is 7. The van der Waals surface area contributed by atoms with Gasteiger partial charge in [0.25, 0.3) is 5.91 Å². The van der Waals surface area contributed by atoms with Crippen LogP contribution in [0, 0.1) is 0 Å². The van der Waals surface area contributed by atoms with Crippen molar-refractivity contribution in [3.8, 4) is 5.75 Å². The maximum Gasteiger partial charge on any atom is 0.255 e. The summed E-state index contributed by atoms with van der Waals surface area (Å²) in [5, 5.41) is 3.15. The van der Waals surface area contributed by atoms with Crippen LogP contribution in [0.5, 0.6) is 5.75 Å². The minimum Gasteiger partial charge on any atom is -0.489 e. The highest BCUT2D eigenvalue weighted by Gasteiger charge is 2.34. The minimum absolute atomic E-state index is 0.0968. The average molecular weight is 505 g/mol. The molecular formula is C29H32N2O6. The number of Topliss-reactive ketones (excluding diaryl/α,β-unsaturated/α-hetero) is 2. The smallest absolute Gasteiger partial charge is 0.255 e. The molecule has 0 radical (unpaired) electrons. The zero-order valence-corrected chi connectivity index (χ0v) is 21.5. The summed E-state index contributed by atoms with van der Waals surface area (Å²) in [6.07, 6.45) is 8.84. The SMILES string of the molecule is COC1=C(OC)C(=O)C(Cc2ccc(OCc3cccnc3)c(C(=O)NC3CCCCC3)c2)=C(C)C1=O. The van der Waals surface area contributed by atoms with Gasteiger partial charge in [-0.15, -0.1) is 0 Å². The minimum atomic E-state index is -0.401. The first-order valence-corrected chi connectivity index (χ1v) is 12.5. The van der Waals surface area contributed by atoms with E-state index in [-0.39, 0.29) is 42.3 Å². The van der Waals surface area contributed by atoms with Crippen LogP contribution in [0.1, 0.15) is 60.5 Å². The number of nitrogens with zero attached hydrogens (tertiary/aromatic N) is 1. The van der Waals surface area contributed by atoms with E-state index in [4.69, 9.17) is 14.2 Å². The van der Waals surface area contributed by atoms with Crippen LogP contribution >= 0.6 is 0 Å². The molecule has 4 rings (SSSR count). The highest BCUT2D eigenvalue weighted by Crippen LogP contribution is 2.30. The van der Waals surface area contributed by atoms with Crippen LogP contribution in [0.3, 0.4) is 0 Å². The van der Waals surface area contributed by atoms with Crippen molar-refractivity contribution >= 4 is 17.5 Å². The second kappa shape index (κ2) is 11.9. The van der Waals surface area contributed by atoms with Crippen LogP contribution < -0.4 is 10.1 Å². The van der Waals surface area contributed by atoms with Gasteiger partial charge in [0.15, 0.2) is 0 Å². The molecule has 0 atom stereocenters. The van der Waals surface area contributed by atoms with Crippen molar-refractivity contribution in [1.29, 1.82) is 0 Å². The summed E-state index contributed by atoms with van der Waals surface area (Å²) < 4.78 is 16.3. The molecule has 1 aromatic carbocycles. The Balaban J connectivity index is 1.62. The van der Waals surface area contributed by atoms with E-state index in [9.17, 15) is 14.4 Å². The zero-order valence-electron chi connectivity index (χ0n) is 21.5. The fourth-order valence-corrected chi connectivity index (χ4v) is 4.75. The van der Waals surface area contributed by atoms with Crippen LogP contribution in [0.15, 0.2) is 65.4 Å². The van der Waals surface area contributed by atoms with Gasteiger partial charge in [-0.2, -0.15) is 0 Å². The predicted octanol–water partition coefficient (Wildman–Crippen LogP) is 4.24. The van der Waals surface area contributed by atoms with E-state index in [1.165, 1.54) is 20.6 Å². The van der Waals surface area contributed by atoms with E-state index >= 15 is 0 Å². The Kier molecular flexibility index (Phi) is 8.38. The molecule has 2 aromatic rings. The van der Waals surface area contributed by atoms with E-state index in [1.54, 1.807) is 37.5 Å². The Labute approximate surface area is 216 Å². The predicted molar refractivity (Wildman–Crippen MR) is 137 cm³/mol.